The van der Waals surface area contributed by atoms with Gasteiger partial charge in [-0.05, 0) is 17.5 Å². The number of carboxylic acids is 3. The summed E-state index contributed by atoms with van der Waals surface area (Å²) in [5.74, 6) is -8.17. The highest BCUT2D eigenvalue weighted by Gasteiger charge is 2.32. The second-order valence-corrected chi connectivity index (χ2v) is 7.98. The number of carbonyl (C=O) groups is 7. The number of aliphatic carboxylic acids is 3. The number of hydrogen-bond donors (Lipinski definition) is 6. The summed E-state index contributed by atoms with van der Waals surface area (Å²) in [5.41, 5.74) is 1.33. The minimum Gasteiger partial charge on any atom is -0.481 e. The molecular formula is C23H29N3O10. The summed E-state index contributed by atoms with van der Waals surface area (Å²) in [6, 6.07) is 3.77. The van der Waals surface area contributed by atoms with E-state index in [2.05, 4.69) is 16.0 Å². The monoisotopic (exact) mass is 507 g/mol. The van der Waals surface area contributed by atoms with Crippen LogP contribution >= 0.6 is 0 Å². The molecule has 13 nitrogen and oxygen atoms in total. The molecule has 0 aliphatic rings. The molecule has 0 unspecified atom stereocenters. The van der Waals surface area contributed by atoms with Crippen LogP contribution in [-0.2, 0) is 46.5 Å². The van der Waals surface area contributed by atoms with Crippen LogP contribution < -0.4 is 16.0 Å². The number of benzene rings is 1. The Morgan fingerprint density at radius 3 is 1.92 bits per heavy atom. The molecular weight excluding hydrogens is 478 g/mol. The molecule has 3 amide bonds. The van der Waals surface area contributed by atoms with E-state index in [1.165, 1.54) is 6.92 Å². The zero-order valence-electron chi connectivity index (χ0n) is 19.6. The van der Waals surface area contributed by atoms with Crippen LogP contribution in [0.3, 0.4) is 0 Å². The van der Waals surface area contributed by atoms with Gasteiger partial charge in [-0.2, -0.15) is 0 Å². The van der Waals surface area contributed by atoms with Gasteiger partial charge in [-0.1, -0.05) is 31.2 Å². The second kappa shape index (κ2) is 14.9. The minimum atomic E-state index is -1.53. The summed E-state index contributed by atoms with van der Waals surface area (Å²) in [6.45, 7) is 1.78. The Balaban J connectivity index is 2.92. The molecule has 0 saturated heterocycles. The van der Waals surface area contributed by atoms with Gasteiger partial charge in [-0.3, -0.25) is 28.8 Å². The molecule has 13 heteroatoms. The van der Waals surface area contributed by atoms with Crippen molar-refractivity contribution in [1.29, 1.82) is 0 Å². The van der Waals surface area contributed by atoms with Gasteiger partial charge in [-0.25, -0.2) is 4.79 Å². The Morgan fingerprint density at radius 1 is 0.833 bits per heavy atom. The Morgan fingerprint density at radius 2 is 1.42 bits per heavy atom. The second-order valence-electron chi connectivity index (χ2n) is 7.98. The van der Waals surface area contributed by atoms with Crippen LogP contribution in [0.4, 0.5) is 0 Å². The number of carbonyl (C=O) groups excluding carboxylic acids is 4. The molecule has 36 heavy (non-hydrogen) atoms. The predicted molar refractivity (Wildman–Crippen MR) is 122 cm³/mol. The molecule has 1 rings (SSSR count). The zero-order valence-corrected chi connectivity index (χ0v) is 19.6. The van der Waals surface area contributed by atoms with Crippen LogP contribution in [-0.4, -0.2) is 69.3 Å². The first-order chi connectivity index (χ1) is 17.0. The van der Waals surface area contributed by atoms with E-state index in [-0.39, 0.29) is 12.8 Å². The van der Waals surface area contributed by atoms with Gasteiger partial charge in [0.1, 0.15) is 6.04 Å². The first kappa shape index (κ1) is 29.7. The van der Waals surface area contributed by atoms with Crippen molar-refractivity contribution in [2.45, 2.75) is 57.7 Å². The highest BCUT2D eigenvalue weighted by atomic mass is 16.4. The molecule has 6 N–H and O–H groups in total. The maximum absolute atomic E-state index is 12.8. The van der Waals surface area contributed by atoms with E-state index in [1.807, 2.05) is 0 Å². The Hall–Kier alpha value is -4.29. The number of hydrogen-bond acceptors (Lipinski definition) is 7. The Labute approximate surface area is 206 Å². The van der Waals surface area contributed by atoms with Crippen molar-refractivity contribution < 1.29 is 48.9 Å². The quantitative estimate of drug-likeness (QED) is 0.148. The topological polar surface area (TPSA) is 216 Å². The molecule has 0 saturated carbocycles. The van der Waals surface area contributed by atoms with Crippen molar-refractivity contribution in [3.63, 3.8) is 0 Å². The van der Waals surface area contributed by atoms with Crippen LogP contribution in [0.25, 0.3) is 0 Å². The van der Waals surface area contributed by atoms with E-state index in [0.29, 0.717) is 18.5 Å². The van der Waals surface area contributed by atoms with Crippen molar-refractivity contribution in [2.24, 2.45) is 5.92 Å². The van der Waals surface area contributed by atoms with Crippen molar-refractivity contribution in [3.05, 3.63) is 35.4 Å². The van der Waals surface area contributed by atoms with Gasteiger partial charge in [0.15, 0.2) is 5.78 Å². The van der Waals surface area contributed by atoms with Crippen LogP contribution in [0.1, 0.15) is 43.7 Å². The molecule has 0 aliphatic heterocycles. The smallest absolute Gasteiger partial charge is 0.326 e. The molecule has 196 valence electrons. The average Bonchev–Trinajstić information content (AvgIpc) is 2.80. The Bertz CT molecular complexity index is 977. The summed E-state index contributed by atoms with van der Waals surface area (Å²) in [5, 5.41) is 34.3. The van der Waals surface area contributed by atoms with E-state index in [9.17, 15) is 33.6 Å². The molecule has 0 aliphatic carbocycles. The van der Waals surface area contributed by atoms with Crippen LogP contribution in [0.15, 0.2) is 24.3 Å². The van der Waals surface area contributed by atoms with E-state index >= 15 is 0 Å². The molecule has 0 heterocycles. The first-order valence-electron chi connectivity index (χ1n) is 11.0. The van der Waals surface area contributed by atoms with Gasteiger partial charge in [0.05, 0.1) is 31.2 Å². The SMILES string of the molecule is CC[C@H](NC(=O)[C@H](CC(=O)O)CC(=O)[C@H](CC(=O)O)NC(=O)Cc1ccc(CNC=O)cc1)C(=O)O. The van der Waals surface area contributed by atoms with Crippen molar-refractivity contribution >= 4 is 41.9 Å². The average molecular weight is 507 g/mol. The maximum atomic E-state index is 12.8. The number of Topliss-reactive ketones (excluding diaryl/α,β-unsaturated/α-hetero) is 1. The van der Waals surface area contributed by atoms with Gasteiger partial charge < -0.3 is 31.3 Å². The van der Waals surface area contributed by atoms with E-state index in [4.69, 9.17) is 15.3 Å². The third kappa shape index (κ3) is 10.8. The van der Waals surface area contributed by atoms with Gasteiger partial charge in [0, 0.05) is 13.0 Å². The minimum absolute atomic E-state index is 0.0150. The van der Waals surface area contributed by atoms with Gasteiger partial charge in [0.25, 0.3) is 0 Å². The molecule has 0 radical (unpaired) electrons. The normalized spacial score (nSPS) is 12.9. The van der Waals surface area contributed by atoms with Crippen molar-refractivity contribution in [2.75, 3.05) is 0 Å². The fraction of sp³-hybridized carbons (Fsp3) is 0.435. The van der Waals surface area contributed by atoms with Crippen molar-refractivity contribution in [1.82, 2.24) is 16.0 Å². The van der Waals surface area contributed by atoms with E-state index < -0.39 is 72.8 Å². The molecule has 3 atom stereocenters. The lowest BCUT2D eigenvalue weighted by atomic mass is 9.93. The number of nitrogens with one attached hydrogen (secondary N) is 3. The molecule has 1 aromatic carbocycles. The van der Waals surface area contributed by atoms with Gasteiger partial charge >= 0.3 is 17.9 Å². The first-order valence-corrected chi connectivity index (χ1v) is 11.0. The van der Waals surface area contributed by atoms with E-state index in [0.717, 1.165) is 5.56 Å². The number of carboxylic acid groups (broad SMARTS) is 3. The molecule has 0 fully saturated rings. The van der Waals surface area contributed by atoms with Crippen LogP contribution in [0.2, 0.25) is 0 Å². The predicted octanol–water partition coefficient (Wildman–Crippen LogP) is -0.536. The highest BCUT2D eigenvalue weighted by Crippen LogP contribution is 2.14. The number of amides is 3. The third-order valence-electron chi connectivity index (χ3n) is 5.14. The fourth-order valence-corrected chi connectivity index (χ4v) is 3.27. The molecule has 1 aromatic rings. The standard InChI is InChI=1S/C23H29N3O10/c1-2-16(23(35)36)26-22(34)15(9-20(30)31)8-18(28)17(10-21(32)33)25-19(29)7-13-3-5-14(6-4-13)11-24-12-27/h3-6,12,15-17H,2,7-11H2,1H3,(H,24,27)(H,25,29)(H,26,34)(H,30,31)(H,32,33)(H,35,36)/t15-,16-,17-/m0/s1. The van der Waals surface area contributed by atoms with Crippen LogP contribution in [0, 0.1) is 5.92 Å². The lowest BCUT2D eigenvalue weighted by Gasteiger charge is -2.21. The Kier molecular flexibility index (Phi) is 12.3. The summed E-state index contributed by atoms with van der Waals surface area (Å²) in [6.07, 6.45) is -1.95. The van der Waals surface area contributed by atoms with Crippen LogP contribution in [0.5, 0.6) is 0 Å². The summed E-state index contributed by atoms with van der Waals surface area (Å²) >= 11 is 0. The lowest BCUT2D eigenvalue weighted by Crippen LogP contribution is -2.47. The number of rotatable bonds is 17. The maximum Gasteiger partial charge on any atom is 0.326 e. The summed E-state index contributed by atoms with van der Waals surface area (Å²) in [7, 11) is 0. The van der Waals surface area contributed by atoms with Crippen molar-refractivity contribution in [3.8, 4) is 0 Å². The van der Waals surface area contributed by atoms with Gasteiger partial charge in [-0.15, -0.1) is 0 Å². The largest absolute Gasteiger partial charge is 0.481 e. The van der Waals surface area contributed by atoms with E-state index in [1.54, 1.807) is 24.3 Å². The summed E-state index contributed by atoms with van der Waals surface area (Å²) < 4.78 is 0. The van der Waals surface area contributed by atoms with Gasteiger partial charge in [0.2, 0.25) is 18.2 Å². The summed E-state index contributed by atoms with van der Waals surface area (Å²) in [4.78, 5) is 81.7. The third-order valence-corrected chi connectivity index (χ3v) is 5.14. The molecule has 0 aromatic heterocycles. The lowest BCUT2D eigenvalue weighted by molar-refractivity contribution is -0.145. The number of ketones is 1. The highest BCUT2D eigenvalue weighted by molar-refractivity contribution is 5.96. The molecule has 0 spiro atoms. The molecule has 0 bridgehead atoms. The fourth-order valence-electron chi connectivity index (χ4n) is 3.27. The zero-order chi connectivity index (χ0) is 27.3.